The van der Waals surface area contributed by atoms with E-state index >= 15 is 0 Å². The molecule has 0 aliphatic carbocycles. The number of nitrogens with zero attached hydrogens (tertiary/aromatic N) is 5. The molecule has 0 aliphatic rings. The van der Waals surface area contributed by atoms with Crippen molar-refractivity contribution in [3.8, 4) is 17.0 Å². The minimum Gasteiger partial charge on any atom is -0.494 e. The van der Waals surface area contributed by atoms with Crippen LogP contribution in [0.1, 0.15) is 10.4 Å². The number of methoxy groups -OCH3 is 1. The molecule has 0 aliphatic heterocycles. The SMILES string of the molecule is COc1cc(N(C)CCN(C)C)c(N)cc1Nc1ncc(C(=O)NO)c(-c2cn(C)c3ccccc23)n1. The van der Waals surface area contributed by atoms with Crippen molar-refractivity contribution in [2.75, 3.05) is 57.3 Å². The number of para-hydroxylation sites is 1. The standard InChI is InChI=1S/C26H32N8O3/c1-32(2)10-11-33(3)22-13-23(37-5)20(12-19(22)27)29-26-28-14-17(25(35)31-36)24(30-26)18-15-34(4)21-9-7-6-8-16(18)21/h6-9,12-15,36H,10-11,27H2,1-5H3,(H,31,35)(H,28,29,30). The summed E-state index contributed by atoms with van der Waals surface area (Å²) in [6, 6.07) is 11.4. The van der Waals surface area contributed by atoms with Crippen LogP contribution in [0.5, 0.6) is 5.75 Å². The number of carbonyl (C=O) groups excluding carboxylic acids is 1. The van der Waals surface area contributed by atoms with Gasteiger partial charge in [-0.2, -0.15) is 0 Å². The lowest BCUT2D eigenvalue weighted by Gasteiger charge is -2.24. The third-order valence-corrected chi connectivity index (χ3v) is 6.18. The van der Waals surface area contributed by atoms with Gasteiger partial charge in [0.2, 0.25) is 5.95 Å². The fourth-order valence-electron chi connectivity index (χ4n) is 4.18. The second-order valence-electron chi connectivity index (χ2n) is 9.03. The first-order valence-corrected chi connectivity index (χ1v) is 11.7. The summed E-state index contributed by atoms with van der Waals surface area (Å²) >= 11 is 0. The average molecular weight is 505 g/mol. The number of hydrogen-bond acceptors (Lipinski definition) is 9. The zero-order valence-corrected chi connectivity index (χ0v) is 21.6. The number of aryl methyl sites for hydroxylation is 1. The van der Waals surface area contributed by atoms with E-state index < -0.39 is 5.91 Å². The lowest BCUT2D eigenvalue weighted by atomic mass is 10.1. The van der Waals surface area contributed by atoms with Gasteiger partial charge in [0.25, 0.3) is 5.91 Å². The van der Waals surface area contributed by atoms with Crippen LogP contribution in [0.3, 0.4) is 0 Å². The Bertz CT molecular complexity index is 1430. The molecule has 2 aromatic heterocycles. The smallest absolute Gasteiger partial charge is 0.278 e. The predicted octanol–water partition coefficient (Wildman–Crippen LogP) is 3.09. The minimum absolute atomic E-state index is 0.133. The Kier molecular flexibility index (Phi) is 7.46. The van der Waals surface area contributed by atoms with Crippen LogP contribution in [0, 0.1) is 0 Å². The Morgan fingerprint density at radius 1 is 1.19 bits per heavy atom. The highest BCUT2D eigenvalue weighted by atomic mass is 16.5. The van der Waals surface area contributed by atoms with Crippen LogP contribution < -0.4 is 26.2 Å². The zero-order chi connectivity index (χ0) is 26.7. The Morgan fingerprint density at radius 3 is 2.65 bits per heavy atom. The molecule has 0 atom stereocenters. The third kappa shape index (κ3) is 5.27. The minimum atomic E-state index is -0.707. The number of likely N-dealkylation sites (N-methyl/N-ethyl adjacent to an activating group) is 2. The maximum Gasteiger partial charge on any atom is 0.278 e. The summed E-state index contributed by atoms with van der Waals surface area (Å²) in [6.45, 7) is 1.66. The Balaban J connectivity index is 1.75. The Labute approximate surface area is 215 Å². The number of ether oxygens (including phenoxy) is 1. The third-order valence-electron chi connectivity index (χ3n) is 6.18. The molecule has 5 N–H and O–H groups in total. The van der Waals surface area contributed by atoms with Crippen LogP contribution in [0.15, 0.2) is 48.8 Å². The summed E-state index contributed by atoms with van der Waals surface area (Å²) in [4.78, 5) is 25.6. The molecular formula is C26H32N8O3. The number of hydroxylamine groups is 1. The van der Waals surface area contributed by atoms with Gasteiger partial charge in [-0.15, -0.1) is 0 Å². The fraction of sp³-hybridized carbons (Fsp3) is 0.269. The van der Waals surface area contributed by atoms with Crippen molar-refractivity contribution < 1.29 is 14.7 Å². The number of hydrogen-bond donors (Lipinski definition) is 4. The van der Waals surface area contributed by atoms with Gasteiger partial charge >= 0.3 is 0 Å². The summed E-state index contributed by atoms with van der Waals surface area (Å²) in [5.74, 6) is 0.0960. The van der Waals surface area contributed by atoms with E-state index in [1.807, 2.05) is 69.3 Å². The molecule has 0 bridgehead atoms. The summed E-state index contributed by atoms with van der Waals surface area (Å²) < 4.78 is 7.59. The van der Waals surface area contributed by atoms with Gasteiger partial charge < -0.3 is 30.2 Å². The first kappa shape index (κ1) is 25.7. The Hall–Kier alpha value is -4.35. The molecule has 11 heteroatoms. The van der Waals surface area contributed by atoms with Crippen molar-refractivity contribution in [3.05, 3.63) is 54.4 Å². The highest BCUT2D eigenvalue weighted by Crippen LogP contribution is 2.37. The lowest BCUT2D eigenvalue weighted by Crippen LogP contribution is -2.29. The molecule has 11 nitrogen and oxygen atoms in total. The van der Waals surface area contributed by atoms with Crippen LogP contribution in [0.2, 0.25) is 0 Å². The molecule has 194 valence electrons. The number of fused-ring (bicyclic) bond motifs is 1. The molecule has 0 spiro atoms. The first-order valence-electron chi connectivity index (χ1n) is 11.7. The average Bonchev–Trinajstić information content (AvgIpc) is 3.23. The van der Waals surface area contributed by atoms with Gasteiger partial charge in [0.15, 0.2) is 0 Å². The molecule has 4 rings (SSSR count). The maximum atomic E-state index is 12.4. The number of nitrogen functional groups attached to an aromatic ring is 1. The number of amides is 1. The van der Waals surface area contributed by atoms with Crippen molar-refractivity contribution in [2.24, 2.45) is 7.05 Å². The molecule has 1 amide bonds. The van der Waals surface area contributed by atoms with Gasteiger partial charge in [-0.25, -0.2) is 15.4 Å². The van der Waals surface area contributed by atoms with E-state index in [1.54, 1.807) is 18.7 Å². The van der Waals surface area contributed by atoms with Crippen molar-refractivity contribution in [1.29, 1.82) is 0 Å². The second kappa shape index (κ2) is 10.7. The van der Waals surface area contributed by atoms with Gasteiger partial charge in [0.1, 0.15) is 5.75 Å². The summed E-state index contributed by atoms with van der Waals surface area (Å²) in [6.07, 6.45) is 3.26. The van der Waals surface area contributed by atoms with Crippen LogP contribution >= 0.6 is 0 Å². The topological polar surface area (TPSA) is 134 Å². The van der Waals surface area contributed by atoms with Crippen LogP contribution in [-0.2, 0) is 7.05 Å². The number of carbonyl (C=O) groups is 1. The highest BCUT2D eigenvalue weighted by Gasteiger charge is 2.20. The molecule has 2 heterocycles. The number of rotatable bonds is 9. The number of aromatic nitrogens is 3. The van der Waals surface area contributed by atoms with Crippen LogP contribution in [-0.4, -0.2) is 71.9 Å². The van der Waals surface area contributed by atoms with E-state index in [2.05, 4.69) is 25.1 Å². The monoisotopic (exact) mass is 504 g/mol. The van der Waals surface area contributed by atoms with Crippen molar-refractivity contribution in [1.82, 2.24) is 24.9 Å². The molecule has 2 aromatic carbocycles. The zero-order valence-electron chi connectivity index (χ0n) is 21.6. The molecular weight excluding hydrogens is 472 g/mol. The summed E-state index contributed by atoms with van der Waals surface area (Å²) in [5.41, 5.74) is 12.3. The van der Waals surface area contributed by atoms with E-state index in [9.17, 15) is 10.0 Å². The molecule has 0 unspecified atom stereocenters. The molecule has 0 radical (unpaired) electrons. The van der Waals surface area contributed by atoms with E-state index in [4.69, 9.17) is 10.5 Å². The van der Waals surface area contributed by atoms with Gasteiger partial charge in [0.05, 0.1) is 35.4 Å². The van der Waals surface area contributed by atoms with Gasteiger partial charge in [0, 0.05) is 62.1 Å². The largest absolute Gasteiger partial charge is 0.494 e. The number of nitrogens with two attached hydrogens (primary N) is 1. The molecule has 0 fully saturated rings. The second-order valence-corrected chi connectivity index (χ2v) is 9.03. The lowest BCUT2D eigenvalue weighted by molar-refractivity contribution is 0.0706. The van der Waals surface area contributed by atoms with Crippen molar-refractivity contribution in [2.45, 2.75) is 0 Å². The van der Waals surface area contributed by atoms with Crippen molar-refractivity contribution in [3.63, 3.8) is 0 Å². The fourth-order valence-corrected chi connectivity index (χ4v) is 4.18. The summed E-state index contributed by atoms with van der Waals surface area (Å²) in [7, 11) is 9.52. The first-order chi connectivity index (χ1) is 17.7. The molecule has 0 saturated carbocycles. The highest BCUT2D eigenvalue weighted by molar-refractivity contribution is 6.04. The van der Waals surface area contributed by atoms with Crippen LogP contribution in [0.25, 0.3) is 22.2 Å². The van der Waals surface area contributed by atoms with Gasteiger partial charge in [-0.05, 0) is 26.2 Å². The van der Waals surface area contributed by atoms with Crippen LogP contribution in [0.4, 0.5) is 23.0 Å². The molecule has 37 heavy (non-hydrogen) atoms. The van der Waals surface area contributed by atoms with Gasteiger partial charge in [-0.3, -0.25) is 10.0 Å². The predicted molar refractivity (Wildman–Crippen MR) is 146 cm³/mol. The van der Waals surface area contributed by atoms with E-state index in [0.717, 1.165) is 35.2 Å². The van der Waals surface area contributed by atoms with E-state index in [-0.39, 0.29) is 11.5 Å². The normalized spacial score (nSPS) is 11.1. The maximum absolute atomic E-state index is 12.4. The number of benzene rings is 2. The molecule has 0 saturated heterocycles. The number of anilines is 4. The van der Waals surface area contributed by atoms with E-state index in [1.165, 1.54) is 6.20 Å². The molecule has 4 aromatic rings. The Morgan fingerprint density at radius 2 is 1.95 bits per heavy atom. The summed E-state index contributed by atoms with van der Waals surface area (Å²) in [5, 5.41) is 13.4. The quantitative estimate of drug-likeness (QED) is 0.154. The van der Waals surface area contributed by atoms with E-state index in [0.29, 0.717) is 22.8 Å². The number of nitrogens with one attached hydrogen (secondary N) is 2. The van der Waals surface area contributed by atoms with Gasteiger partial charge in [-0.1, -0.05) is 18.2 Å². The van der Waals surface area contributed by atoms with Crippen molar-refractivity contribution >= 4 is 39.8 Å².